The fourth-order valence-corrected chi connectivity index (χ4v) is 3.55. The molecule has 0 radical (unpaired) electrons. The second-order valence-electron chi connectivity index (χ2n) is 6.34. The number of nitrogens with one attached hydrogen (secondary N) is 1. The molecule has 2 aliphatic carbocycles. The van der Waals surface area contributed by atoms with Gasteiger partial charge >= 0.3 is 0 Å². The van der Waals surface area contributed by atoms with E-state index in [1.54, 1.807) is 0 Å². The molecule has 1 saturated carbocycles. The fourth-order valence-electron chi connectivity index (χ4n) is 3.55. The molecule has 0 aliphatic heterocycles. The quantitative estimate of drug-likeness (QED) is 0.764. The number of ether oxygens (including phenoxy) is 1. The van der Waals surface area contributed by atoms with Gasteiger partial charge in [0.1, 0.15) is 5.75 Å². The largest absolute Gasteiger partial charge is 0.494 e. The van der Waals surface area contributed by atoms with Crippen molar-refractivity contribution in [3.63, 3.8) is 0 Å². The van der Waals surface area contributed by atoms with Crippen molar-refractivity contribution in [1.29, 1.82) is 0 Å². The summed E-state index contributed by atoms with van der Waals surface area (Å²) in [7, 11) is 0. The third-order valence-electron chi connectivity index (χ3n) is 4.74. The molecule has 2 heteroatoms. The van der Waals surface area contributed by atoms with E-state index in [0.29, 0.717) is 0 Å². The van der Waals surface area contributed by atoms with E-state index in [1.807, 2.05) is 0 Å². The Kier molecular flexibility index (Phi) is 4.96. The minimum atomic E-state index is 0.830. The van der Waals surface area contributed by atoms with Gasteiger partial charge in [-0.2, -0.15) is 0 Å². The highest BCUT2D eigenvalue weighted by Gasteiger charge is 2.14. The minimum absolute atomic E-state index is 0.830. The summed E-state index contributed by atoms with van der Waals surface area (Å²) in [5.41, 5.74) is 3.03. The first-order valence-electron chi connectivity index (χ1n) is 8.37. The highest BCUT2D eigenvalue weighted by Crippen LogP contribution is 2.26. The van der Waals surface area contributed by atoms with Gasteiger partial charge in [-0.3, -0.25) is 0 Å². The predicted octanol–water partition coefficient (Wildman–Crippen LogP) is 3.72. The van der Waals surface area contributed by atoms with Crippen molar-refractivity contribution in [2.75, 3.05) is 19.7 Å². The first-order chi connectivity index (χ1) is 9.92. The summed E-state index contributed by atoms with van der Waals surface area (Å²) in [6, 6.07) is 6.63. The van der Waals surface area contributed by atoms with E-state index in [9.17, 15) is 0 Å². The van der Waals surface area contributed by atoms with E-state index < -0.39 is 0 Å². The van der Waals surface area contributed by atoms with Crippen LogP contribution in [0.5, 0.6) is 5.75 Å². The van der Waals surface area contributed by atoms with Crippen LogP contribution in [0.1, 0.15) is 49.7 Å². The molecule has 0 heterocycles. The van der Waals surface area contributed by atoms with Crippen molar-refractivity contribution in [3.05, 3.63) is 29.3 Å². The maximum atomic E-state index is 5.86. The zero-order chi connectivity index (χ0) is 13.6. The molecule has 1 fully saturated rings. The SMILES string of the molecule is c1cc2c(cc1OCCCNCC1CCCC1)CCC2. The molecule has 0 amide bonds. The molecule has 1 aromatic rings. The van der Waals surface area contributed by atoms with E-state index >= 15 is 0 Å². The van der Waals surface area contributed by atoms with Gasteiger partial charge in [-0.15, -0.1) is 0 Å². The number of hydrogen-bond donors (Lipinski definition) is 1. The van der Waals surface area contributed by atoms with Gasteiger partial charge in [0, 0.05) is 0 Å². The van der Waals surface area contributed by atoms with E-state index in [4.69, 9.17) is 4.74 Å². The van der Waals surface area contributed by atoms with Gasteiger partial charge in [0.05, 0.1) is 6.61 Å². The van der Waals surface area contributed by atoms with Crippen LogP contribution >= 0.6 is 0 Å². The highest BCUT2D eigenvalue weighted by atomic mass is 16.5. The van der Waals surface area contributed by atoms with Crippen LogP contribution in [0.3, 0.4) is 0 Å². The Bertz CT molecular complexity index is 423. The number of aryl methyl sites for hydroxylation is 2. The van der Waals surface area contributed by atoms with Gasteiger partial charge in [0.2, 0.25) is 0 Å². The number of benzene rings is 1. The molecule has 1 N–H and O–H groups in total. The van der Waals surface area contributed by atoms with Crippen LogP contribution in [-0.2, 0) is 12.8 Å². The van der Waals surface area contributed by atoms with Crippen LogP contribution < -0.4 is 10.1 Å². The summed E-state index contributed by atoms with van der Waals surface area (Å²) in [5, 5.41) is 3.58. The molecule has 3 rings (SSSR count). The average Bonchev–Trinajstić information content (AvgIpc) is 3.13. The van der Waals surface area contributed by atoms with Gasteiger partial charge in [0.25, 0.3) is 0 Å². The van der Waals surface area contributed by atoms with Crippen LogP contribution in [0.15, 0.2) is 18.2 Å². The van der Waals surface area contributed by atoms with Crippen molar-refractivity contribution >= 4 is 0 Å². The minimum Gasteiger partial charge on any atom is -0.494 e. The Hall–Kier alpha value is -1.02. The van der Waals surface area contributed by atoms with Gasteiger partial charge < -0.3 is 10.1 Å². The Morgan fingerprint density at radius 3 is 2.80 bits per heavy atom. The lowest BCUT2D eigenvalue weighted by Crippen LogP contribution is -2.23. The van der Waals surface area contributed by atoms with Crippen LogP contribution in [0.25, 0.3) is 0 Å². The smallest absolute Gasteiger partial charge is 0.119 e. The first kappa shape index (κ1) is 13.9. The molecule has 0 aromatic heterocycles. The lowest BCUT2D eigenvalue weighted by Gasteiger charge is -2.11. The molecule has 2 aliphatic rings. The summed E-state index contributed by atoms with van der Waals surface area (Å²) in [5.74, 6) is 1.99. The van der Waals surface area contributed by atoms with Crippen LogP contribution in [0.4, 0.5) is 0 Å². The van der Waals surface area contributed by atoms with Gasteiger partial charge in [0.15, 0.2) is 0 Å². The van der Waals surface area contributed by atoms with E-state index in [2.05, 4.69) is 23.5 Å². The molecule has 20 heavy (non-hydrogen) atoms. The van der Waals surface area contributed by atoms with E-state index in [-0.39, 0.29) is 0 Å². The van der Waals surface area contributed by atoms with Crippen LogP contribution in [0.2, 0.25) is 0 Å². The molecule has 0 saturated heterocycles. The third kappa shape index (κ3) is 3.76. The fraction of sp³-hybridized carbons (Fsp3) is 0.667. The first-order valence-corrected chi connectivity index (χ1v) is 8.37. The summed E-state index contributed by atoms with van der Waals surface area (Å²) in [6.45, 7) is 3.12. The highest BCUT2D eigenvalue weighted by molar-refractivity contribution is 5.38. The van der Waals surface area contributed by atoms with Crippen molar-refractivity contribution in [2.45, 2.75) is 51.4 Å². The predicted molar refractivity (Wildman–Crippen MR) is 83.4 cm³/mol. The maximum Gasteiger partial charge on any atom is 0.119 e. The zero-order valence-electron chi connectivity index (χ0n) is 12.5. The number of hydrogen-bond acceptors (Lipinski definition) is 2. The average molecular weight is 273 g/mol. The molecule has 110 valence electrons. The van der Waals surface area contributed by atoms with Crippen molar-refractivity contribution in [2.24, 2.45) is 5.92 Å². The van der Waals surface area contributed by atoms with Gasteiger partial charge in [-0.1, -0.05) is 18.9 Å². The van der Waals surface area contributed by atoms with Crippen molar-refractivity contribution in [1.82, 2.24) is 5.32 Å². The molecule has 0 unspecified atom stereocenters. The molecular formula is C18H27NO. The second kappa shape index (κ2) is 7.12. The second-order valence-corrected chi connectivity index (χ2v) is 6.34. The molecular weight excluding hydrogens is 246 g/mol. The molecule has 1 aromatic carbocycles. The monoisotopic (exact) mass is 273 g/mol. The van der Waals surface area contributed by atoms with Gasteiger partial charge in [-0.05, 0) is 80.8 Å². The Morgan fingerprint density at radius 1 is 1.05 bits per heavy atom. The lowest BCUT2D eigenvalue weighted by molar-refractivity contribution is 0.306. The van der Waals surface area contributed by atoms with E-state index in [0.717, 1.165) is 31.2 Å². The van der Waals surface area contributed by atoms with E-state index in [1.165, 1.54) is 62.6 Å². The van der Waals surface area contributed by atoms with Crippen LogP contribution in [-0.4, -0.2) is 19.7 Å². The normalized spacial score (nSPS) is 18.4. The summed E-state index contributed by atoms with van der Waals surface area (Å²) >= 11 is 0. The zero-order valence-corrected chi connectivity index (χ0v) is 12.5. The third-order valence-corrected chi connectivity index (χ3v) is 4.74. The number of fused-ring (bicyclic) bond motifs is 1. The lowest BCUT2D eigenvalue weighted by atomic mass is 10.1. The topological polar surface area (TPSA) is 21.3 Å². The maximum absolute atomic E-state index is 5.86. The summed E-state index contributed by atoms with van der Waals surface area (Å²) in [6.07, 6.45) is 10.6. The Labute approximate surface area is 122 Å². The summed E-state index contributed by atoms with van der Waals surface area (Å²) in [4.78, 5) is 0. The molecule has 0 spiro atoms. The molecule has 0 bridgehead atoms. The molecule has 0 atom stereocenters. The van der Waals surface area contributed by atoms with Crippen molar-refractivity contribution in [3.8, 4) is 5.75 Å². The molecule has 2 nitrogen and oxygen atoms in total. The number of rotatable bonds is 7. The Morgan fingerprint density at radius 2 is 1.90 bits per heavy atom. The van der Waals surface area contributed by atoms with Gasteiger partial charge in [-0.25, -0.2) is 0 Å². The standard InChI is InChI=1S/C18H27NO/c1-2-6-15(5-1)14-19-11-4-12-20-18-10-9-16-7-3-8-17(16)13-18/h9-10,13,15,19H,1-8,11-12,14H2. The van der Waals surface area contributed by atoms with Crippen LogP contribution in [0, 0.1) is 5.92 Å². The summed E-state index contributed by atoms with van der Waals surface area (Å²) < 4.78 is 5.86. The Balaban J connectivity index is 1.29. The van der Waals surface area contributed by atoms with Crippen molar-refractivity contribution < 1.29 is 4.74 Å².